The molecule has 0 atom stereocenters. The van der Waals surface area contributed by atoms with Crippen LogP contribution in [-0.4, -0.2) is 40.5 Å². The first kappa shape index (κ1) is 27.6. The number of ether oxygens (including phenoxy) is 1. The zero-order valence-corrected chi connectivity index (χ0v) is 19.2. The quantitative estimate of drug-likeness (QED) is 0.357. The van der Waals surface area contributed by atoms with Gasteiger partial charge in [0.05, 0.1) is 23.4 Å². The molecule has 2 aromatic carbocycles. The summed E-state index contributed by atoms with van der Waals surface area (Å²) in [5.41, 5.74) is -4.96. The molecule has 0 unspecified atom stereocenters. The maximum atomic E-state index is 13.1. The number of halogens is 6. The second-order valence-electron chi connectivity index (χ2n) is 7.78. The van der Waals surface area contributed by atoms with Crippen LogP contribution in [0.4, 0.5) is 26.3 Å². The molecule has 37 heavy (non-hydrogen) atoms. The van der Waals surface area contributed by atoms with Gasteiger partial charge in [-0.15, -0.1) is 0 Å². The maximum Gasteiger partial charge on any atom is 0.416 e. The molecule has 1 aromatic heterocycles. The van der Waals surface area contributed by atoms with Gasteiger partial charge in [-0.1, -0.05) is 12.1 Å². The van der Waals surface area contributed by atoms with Crippen LogP contribution >= 0.6 is 0 Å². The molecule has 0 bridgehead atoms. The van der Waals surface area contributed by atoms with Crippen molar-refractivity contribution >= 4 is 5.91 Å². The summed E-state index contributed by atoms with van der Waals surface area (Å²) in [5, 5.41) is 6.21. The summed E-state index contributed by atoms with van der Waals surface area (Å²) in [6.45, 7) is -0.133. The minimum atomic E-state index is -4.65. The van der Waals surface area contributed by atoms with Crippen LogP contribution in [0.2, 0.25) is 0 Å². The Morgan fingerprint density at radius 1 is 0.919 bits per heavy atom. The molecule has 3 rings (SSSR count). The normalized spacial score (nSPS) is 12.0. The number of nitrogens with zero attached hydrogens (tertiary/aromatic N) is 3. The van der Waals surface area contributed by atoms with Crippen molar-refractivity contribution in [3.05, 3.63) is 91.8 Å². The highest BCUT2D eigenvalue weighted by Gasteiger charge is 2.31. The average molecular weight is 530 g/mol. The monoisotopic (exact) mass is 530 g/mol. The molecular formula is C23H20F6N4O4. The molecular weight excluding hydrogens is 510 g/mol. The van der Waals surface area contributed by atoms with Gasteiger partial charge >= 0.3 is 18.0 Å². The fourth-order valence-electron chi connectivity index (χ4n) is 3.24. The largest absolute Gasteiger partial charge is 0.416 e. The van der Waals surface area contributed by atoms with Crippen LogP contribution < -0.4 is 16.6 Å². The summed E-state index contributed by atoms with van der Waals surface area (Å²) in [6, 6.07) is 6.90. The molecule has 0 saturated carbocycles. The van der Waals surface area contributed by atoms with E-state index in [9.17, 15) is 40.7 Å². The van der Waals surface area contributed by atoms with Gasteiger partial charge in [0.1, 0.15) is 0 Å². The van der Waals surface area contributed by atoms with Gasteiger partial charge in [-0.25, -0.2) is 4.79 Å². The molecule has 0 aliphatic carbocycles. The van der Waals surface area contributed by atoms with E-state index < -0.39 is 52.9 Å². The van der Waals surface area contributed by atoms with Gasteiger partial charge in [0.15, 0.2) is 0 Å². The predicted molar refractivity (Wildman–Crippen MR) is 118 cm³/mol. The second kappa shape index (κ2) is 11.0. The Morgan fingerprint density at radius 3 is 1.97 bits per heavy atom. The summed E-state index contributed by atoms with van der Waals surface area (Å²) in [5.74, 6) is -0.956. The van der Waals surface area contributed by atoms with Crippen molar-refractivity contribution in [1.29, 1.82) is 0 Å². The van der Waals surface area contributed by atoms with Gasteiger partial charge < -0.3 is 10.1 Å². The highest BCUT2D eigenvalue weighted by molar-refractivity contribution is 5.91. The van der Waals surface area contributed by atoms with Crippen molar-refractivity contribution in [3.8, 4) is 5.69 Å². The van der Waals surface area contributed by atoms with Crippen LogP contribution in [0.15, 0.2) is 58.1 Å². The number of hydrogen-bond acceptors (Lipinski definition) is 5. The lowest BCUT2D eigenvalue weighted by Crippen LogP contribution is -2.46. The number of methoxy groups -OCH3 is 1. The first-order valence-electron chi connectivity index (χ1n) is 10.7. The molecule has 1 amide bonds. The van der Waals surface area contributed by atoms with Crippen molar-refractivity contribution < 1.29 is 35.9 Å². The number of hydrogen-bond donors (Lipinski definition) is 1. The smallest absolute Gasteiger partial charge is 0.385 e. The van der Waals surface area contributed by atoms with Crippen molar-refractivity contribution in [2.45, 2.75) is 25.3 Å². The van der Waals surface area contributed by atoms with Crippen molar-refractivity contribution in [2.75, 3.05) is 20.3 Å². The van der Waals surface area contributed by atoms with E-state index in [4.69, 9.17) is 4.74 Å². The third-order valence-corrected chi connectivity index (χ3v) is 5.15. The molecule has 14 heteroatoms. The van der Waals surface area contributed by atoms with E-state index in [-0.39, 0.29) is 17.8 Å². The van der Waals surface area contributed by atoms with Crippen LogP contribution in [0, 0.1) is 0 Å². The molecule has 8 nitrogen and oxygen atoms in total. The maximum absolute atomic E-state index is 13.1. The molecule has 198 valence electrons. The third kappa shape index (κ3) is 6.64. The van der Waals surface area contributed by atoms with Gasteiger partial charge in [-0.05, 0) is 48.4 Å². The fraction of sp³-hybridized carbons (Fsp3) is 0.304. The number of carbonyl (C=O) groups excluding carboxylic acids is 1. The molecule has 0 aliphatic rings. The van der Waals surface area contributed by atoms with E-state index in [2.05, 4.69) is 10.4 Å². The highest BCUT2D eigenvalue weighted by atomic mass is 19.4. The minimum Gasteiger partial charge on any atom is -0.385 e. The molecule has 0 fully saturated rings. The lowest BCUT2D eigenvalue weighted by molar-refractivity contribution is -0.138. The first-order chi connectivity index (χ1) is 17.3. The zero-order chi connectivity index (χ0) is 27.4. The summed E-state index contributed by atoms with van der Waals surface area (Å²) >= 11 is 0. The van der Waals surface area contributed by atoms with Gasteiger partial charge in [0, 0.05) is 20.3 Å². The average Bonchev–Trinajstić information content (AvgIpc) is 2.84. The zero-order valence-electron chi connectivity index (χ0n) is 19.2. The molecule has 0 spiro atoms. The number of alkyl halides is 6. The van der Waals surface area contributed by atoms with E-state index in [1.165, 1.54) is 7.11 Å². The van der Waals surface area contributed by atoms with Crippen LogP contribution in [-0.2, 0) is 23.6 Å². The summed E-state index contributed by atoms with van der Waals surface area (Å²) < 4.78 is 83.5. The number of rotatable bonds is 8. The number of carbonyl (C=O) groups is 1. The van der Waals surface area contributed by atoms with E-state index in [1.54, 1.807) is 0 Å². The topological polar surface area (TPSA) is 95.2 Å². The Labute approximate surface area is 205 Å². The number of nitrogens with one attached hydrogen (secondary N) is 1. The van der Waals surface area contributed by atoms with Crippen LogP contribution in [0.5, 0.6) is 0 Å². The molecule has 0 saturated heterocycles. The van der Waals surface area contributed by atoms with E-state index >= 15 is 0 Å². The molecule has 0 radical (unpaired) electrons. The summed E-state index contributed by atoms with van der Waals surface area (Å²) in [6.07, 6.45) is -8.86. The van der Waals surface area contributed by atoms with Gasteiger partial charge in [0.25, 0.3) is 11.5 Å². The summed E-state index contributed by atoms with van der Waals surface area (Å²) in [7, 11) is 1.45. The Morgan fingerprint density at radius 2 is 1.46 bits per heavy atom. The fourth-order valence-corrected chi connectivity index (χ4v) is 3.24. The lowest BCUT2D eigenvalue weighted by Gasteiger charge is -2.14. The Bertz CT molecular complexity index is 1360. The van der Waals surface area contributed by atoms with Gasteiger partial charge in [0.2, 0.25) is 5.69 Å². The molecule has 1 N–H and O–H groups in total. The van der Waals surface area contributed by atoms with Crippen LogP contribution in [0.1, 0.15) is 33.6 Å². The van der Waals surface area contributed by atoms with Crippen molar-refractivity contribution in [3.63, 3.8) is 0 Å². The molecule has 0 aliphatic heterocycles. The van der Waals surface area contributed by atoms with E-state index in [0.29, 0.717) is 34.4 Å². The predicted octanol–water partition coefficient (Wildman–Crippen LogP) is 3.25. The SMILES string of the molecule is COCCCNC(=O)c1nn(-c2ccc(C(F)(F)F)cc2)c(=O)n(Cc2ccc(C(F)(F)F)cc2)c1=O. The lowest BCUT2D eigenvalue weighted by atomic mass is 10.1. The number of aromatic nitrogens is 3. The van der Waals surface area contributed by atoms with Crippen LogP contribution in [0.3, 0.4) is 0 Å². The highest BCUT2D eigenvalue weighted by Crippen LogP contribution is 2.30. The van der Waals surface area contributed by atoms with Gasteiger partial charge in [-0.3, -0.25) is 14.2 Å². The van der Waals surface area contributed by atoms with E-state index in [0.717, 1.165) is 36.4 Å². The van der Waals surface area contributed by atoms with E-state index in [1.807, 2.05) is 0 Å². The minimum absolute atomic E-state index is 0.0894. The van der Waals surface area contributed by atoms with Gasteiger partial charge in [-0.2, -0.15) is 36.1 Å². The van der Waals surface area contributed by atoms with Crippen LogP contribution in [0.25, 0.3) is 5.69 Å². The third-order valence-electron chi connectivity index (χ3n) is 5.15. The first-order valence-corrected chi connectivity index (χ1v) is 10.7. The number of amides is 1. The Kier molecular flexibility index (Phi) is 8.21. The summed E-state index contributed by atoms with van der Waals surface area (Å²) in [4.78, 5) is 38.7. The standard InChI is InChI=1S/C23H20F6N4O4/c1-37-12-2-11-30-19(34)18-20(35)32(13-14-3-5-15(6-4-14)22(24,25)26)21(36)33(31-18)17-9-7-16(8-10-17)23(27,28)29/h3-10H,2,11-13H2,1H3,(H,30,34). The molecule has 3 aromatic rings. The Balaban J connectivity index is 2.08. The van der Waals surface area contributed by atoms with Crippen molar-refractivity contribution in [2.24, 2.45) is 0 Å². The number of benzene rings is 2. The van der Waals surface area contributed by atoms with Crippen molar-refractivity contribution in [1.82, 2.24) is 19.7 Å². The second-order valence-corrected chi connectivity index (χ2v) is 7.78. The molecule has 1 heterocycles. The Hall–Kier alpha value is -3.94.